The van der Waals surface area contributed by atoms with Crippen molar-refractivity contribution in [1.29, 1.82) is 0 Å². The van der Waals surface area contributed by atoms with E-state index in [2.05, 4.69) is 24.0 Å². The Morgan fingerprint density at radius 3 is 2.53 bits per heavy atom. The van der Waals surface area contributed by atoms with Crippen LogP contribution in [-0.4, -0.2) is 10.1 Å². The van der Waals surface area contributed by atoms with Gasteiger partial charge in [0.25, 0.3) is 0 Å². The molecule has 2 aliphatic carbocycles. The predicted molar refractivity (Wildman–Crippen MR) is 64.3 cm³/mol. The van der Waals surface area contributed by atoms with Gasteiger partial charge in [0, 0.05) is 5.92 Å². The van der Waals surface area contributed by atoms with Crippen LogP contribution in [0.2, 0.25) is 0 Å². The third-order valence-electron chi connectivity index (χ3n) is 4.48. The first kappa shape index (κ1) is 11.2. The van der Waals surface area contributed by atoms with Crippen LogP contribution in [0, 0.1) is 11.8 Å². The summed E-state index contributed by atoms with van der Waals surface area (Å²) < 4.78 is 5.36. The number of rotatable bonds is 2. The van der Waals surface area contributed by atoms with Crippen LogP contribution in [0.3, 0.4) is 0 Å². The van der Waals surface area contributed by atoms with Crippen molar-refractivity contribution in [1.82, 2.24) is 10.1 Å². The fraction of sp³-hybridized carbons (Fsp3) is 0.846. The standard InChI is InChI=1S/C13H21N3O/c1-8-3-5-13(14,6-4-8)12-15-11(17-16-12)10-7-9(10)2/h8-10H,3-7,14H2,1-2H3. The van der Waals surface area contributed by atoms with E-state index in [4.69, 9.17) is 10.3 Å². The summed E-state index contributed by atoms with van der Waals surface area (Å²) in [6, 6.07) is 0. The summed E-state index contributed by atoms with van der Waals surface area (Å²) in [6.07, 6.45) is 5.47. The van der Waals surface area contributed by atoms with Gasteiger partial charge in [-0.05, 0) is 43.9 Å². The average molecular weight is 235 g/mol. The largest absolute Gasteiger partial charge is 0.339 e. The molecule has 2 unspecified atom stereocenters. The Balaban J connectivity index is 1.77. The van der Waals surface area contributed by atoms with Crippen molar-refractivity contribution in [3.63, 3.8) is 0 Å². The normalized spacial score (nSPS) is 41.5. The SMILES string of the molecule is CC1CCC(N)(c2noc(C3CC3C)n2)CC1. The molecular formula is C13H21N3O. The Hall–Kier alpha value is -0.900. The van der Waals surface area contributed by atoms with Gasteiger partial charge in [-0.1, -0.05) is 19.0 Å². The minimum Gasteiger partial charge on any atom is -0.339 e. The van der Waals surface area contributed by atoms with Crippen LogP contribution >= 0.6 is 0 Å². The summed E-state index contributed by atoms with van der Waals surface area (Å²) in [4.78, 5) is 4.54. The first-order valence-electron chi connectivity index (χ1n) is 6.71. The van der Waals surface area contributed by atoms with Crippen molar-refractivity contribution in [3.8, 4) is 0 Å². The summed E-state index contributed by atoms with van der Waals surface area (Å²) in [5, 5.41) is 4.12. The fourth-order valence-corrected chi connectivity index (χ4v) is 2.76. The zero-order valence-corrected chi connectivity index (χ0v) is 10.6. The van der Waals surface area contributed by atoms with Crippen LogP contribution < -0.4 is 5.73 Å². The highest BCUT2D eigenvalue weighted by Crippen LogP contribution is 2.46. The Bertz CT molecular complexity index is 407. The molecular weight excluding hydrogens is 214 g/mol. The van der Waals surface area contributed by atoms with Crippen LogP contribution in [0.15, 0.2) is 4.52 Å². The van der Waals surface area contributed by atoms with Crippen LogP contribution in [0.25, 0.3) is 0 Å². The molecule has 0 aromatic carbocycles. The van der Waals surface area contributed by atoms with Gasteiger partial charge < -0.3 is 10.3 Å². The van der Waals surface area contributed by atoms with Gasteiger partial charge in [0.15, 0.2) is 5.82 Å². The van der Waals surface area contributed by atoms with Gasteiger partial charge in [-0.15, -0.1) is 0 Å². The molecule has 4 heteroatoms. The van der Waals surface area contributed by atoms with Gasteiger partial charge in [0.2, 0.25) is 5.89 Å². The predicted octanol–water partition coefficient (Wildman–Crippen LogP) is 2.56. The van der Waals surface area contributed by atoms with E-state index < -0.39 is 0 Å². The van der Waals surface area contributed by atoms with E-state index >= 15 is 0 Å². The quantitative estimate of drug-likeness (QED) is 0.855. The Labute approximate surface area is 102 Å². The molecule has 0 aliphatic heterocycles. The molecule has 1 aromatic heterocycles. The van der Waals surface area contributed by atoms with Gasteiger partial charge in [-0.3, -0.25) is 0 Å². The highest BCUT2D eigenvalue weighted by atomic mass is 16.5. The van der Waals surface area contributed by atoms with Crippen molar-refractivity contribution >= 4 is 0 Å². The maximum atomic E-state index is 6.43. The van der Waals surface area contributed by atoms with Crippen LogP contribution in [-0.2, 0) is 5.54 Å². The molecule has 2 saturated carbocycles. The lowest BCUT2D eigenvalue weighted by molar-refractivity contribution is 0.230. The number of nitrogens with two attached hydrogens (primary N) is 1. The van der Waals surface area contributed by atoms with E-state index in [1.165, 1.54) is 19.3 Å². The Morgan fingerprint density at radius 2 is 1.94 bits per heavy atom. The van der Waals surface area contributed by atoms with Gasteiger partial charge >= 0.3 is 0 Å². The molecule has 94 valence electrons. The molecule has 4 nitrogen and oxygen atoms in total. The van der Waals surface area contributed by atoms with E-state index in [9.17, 15) is 0 Å². The molecule has 0 radical (unpaired) electrons. The van der Waals surface area contributed by atoms with E-state index in [0.29, 0.717) is 11.8 Å². The van der Waals surface area contributed by atoms with Crippen molar-refractivity contribution in [3.05, 3.63) is 11.7 Å². The second-order valence-electron chi connectivity index (χ2n) is 6.11. The third-order valence-corrected chi connectivity index (χ3v) is 4.48. The van der Waals surface area contributed by atoms with Crippen LogP contribution in [0.5, 0.6) is 0 Å². The molecule has 2 aliphatic rings. The summed E-state index contributed by atoms with van der Waals surface area (Å²) >= 11 is 0. The smallest absolute Gasteiger partial charge is 0.230 e. The molecule has 0 bridgehead atoms. The molecule has 3 rings (SSSR count). The lowest BCUT2D eigenvalue weighted by atomic mass is 9.77. The number of hydrogen-bond donors (Lipinski definition) is 1. The highest BCUT2D eigenvalue weighted by Gasteiger charge is 2.41. The van der Waals surface area contributed by atoms with Crippen molar-refractivity contribution in [2.75, 3.05) is 0 Å². The third kappa shape index (κ3) is 1.99. The number of nitrogens with zero attached hydrogens (tertiary/aromatic N) is 2. The molecule has 0 saturated heterocycles. The molecule has 1 heterocycles. The second-order valence-corrected chi connectivity index (χ2v) is 6.11. The fourth-order valence-electron chi connectivity index (χ4n) is 2.76. The minimum absolute atomic E-state index is 0.341. The molecule has 1 aromatic rings. The zero-order chi connectivity index (χ0) is 12.0. The summed E-state index contributed by atoms with van der Waals surface area (Å²) in [5.41, 5.74) is 6.09. The summed E-state index contributed by atoms with van der Waals surface area (Å²) in [6.45, 7) is 4.50. The molecule has 0 spiro atoms. The monoisotopic (exact) mass is 235 g/mol. The van der Waals surface area contributed by atoms with E-state index in [0.717, 1.165) is 30.5 Å². The summed E-state index contributed by atoms with van der Waals surface area (Å²) in [7, 11) is 0. The lowest BCUT2D eigenvalue weighted by Gasteiger charge is -2.33. The van der Waals surface area contributed by atoms with Crippen LogP contribution in [0.4, 0.5) is 0 Å². The molecule has 2 fully saturated rings. The van der Waals surface area contributed by atoms with Crippen molar-refractivity contribution in [2.24, 2.45) is 17.6 Å². The van der Waals surface area contributed by atoms with E-state index in [-0.39, 0.29) is 5.54 Å². The number of hydrogen-bond acceptors (Lipinski definition) is 4. The first-order chi connectivity index (χ1) is 8.08. The summed E-state index contributed by atoms with van der Waals surface area (Å²) in [5.74, 6) is 3.50. The van der Waals surface area contributed by atoms with Gasteiger partial charge in [0.05, 0.1) is 5.54 Å². The maximum Gasteiger partial charge on any atom is 0.230 e. The van der Waals surface area contributed by atoms with Gasteiger partial charge in [-0.25, -0.2) is 0 Å². The topological polar surface area (TPSA) is 64.9 Å². The molecule has 17 heavy (non-hydrogen) atoms. The minimum atomic E-state index is -0.341. The Morgan fingerprint density at radius 1 is 1.29 bits per heavy atom. The van der Waals surface area contributed by atoms with Crippen molar-refractivity contribution in [2.45, 2.75) is 57.4 Å². The lowest BCUT2D eigenvalue weighted by Crippen LogP contribution is -2.41. The number of aromatic nitrogens is 2. The maximum absolute atomic E-state index is 6.43. The van der Waals surface area contributed by atoms with E-state index in [1.807, 2.05) is 0 Å². The average Bonchev–Trinajstić information content (AvgIpc) is 2.85. The first-order valence-corrected chi connectivity index (χ1v) is 6.71. The molecule has 0 amide bonds. The zero-order valence-electron chi connectivity index (χ0n) is 10.6. The van der Waals surface area contributed by atoms with E-state index in [1.54, 1.807) is 0 Å². The molecule has 2 atom stereocenters. The molecule has 2 N–H and O–H groups in total. The highest BCUT2D eigenvalue weighted by molar-refractivity contribution is 5.11. The Kier molecular flexibility index (Phi) is 2.51. The van der Waals surface area contributed by atoms with Crippen LogP contribution in [0.1, 0.15) is 63.6 Å². The second kappa shape index (κ2) is 3.80. The van der Waals surface area contributed by atoms with Gasteiger partial charge in [0.1, 0.15) is 0 Å². The van der Waals surface area contributed by atoms with Crippen molar-refractivity contribution < 1.29 is 4.52 Å². The van der Waals surface area contributed by atoms with Gasteiger partial charge in [-0.2, -0.15) is 4.98 Å².